The lowest BCUT2D eigenvalue weighted by molar-refractivity contribution is 0.629. The predicted molar refractivity (Wildman–Crippen MR) is 72.0 cm³/mol. The highest BCUT2D eigenvalue weighted by Gasteiger charge is 2.09. The second-order valence-corrected chi connectivity index (χ2v) is 5.29. The minimum Gasteiger partial charge on any atom is -0.383 e. The number of rotatable bonds is 1. The maximum absolute atomic E-state index is 13.1. The molecular formula is C13H10FN3S. The van der Waals surface area contributed by atoms with Gasteiger partial charge in [-0.1, -0.05) is 0 Å². The molecule has 0 aliphatic rings. The van der Waals surface area contributed by atoms with Crippen LogP contribution in [0.1, 0.15) is 4.88 Å². The molecule has 90 valence electrons. The third kappa shape index (κ3) is 1.82. The van der Waals surface area contributed by atoms with Crippen molar-refractivity contribution in [2.24, 2.45) is 0 Å². The summed E-state index contributed by atoms with van der Waals surface area (Å²) in [7, 11) is 0. The average Bonchev–Trinajstić information content (AvgIpc) is 2.77. The molecule has 0 saturated carbocycles. The number of aryl methyl sites for hydroxylation is 1. The van der Waals surface area contributed by atoms with Crippen LogP contribution < -0.4 is 5.73 Å². The van der Waals surface area contributed by atoms with Crippen LogP contribution in [0.25, 0.3) is 21.6 Å². The first-order valence-corrected chi connectivity index (χ1v) is 6.25. The second kappa shape index (κ2) is 4.03. The standard InChI is InChI=1S/C13H10FN3S/c1-7-2-5-11(18-7)13-16-10-4-3-8(14)6-9(10)12(15)17-13/h2-6H,1H3,(H2,15,16,17). The number of nitrogens with zero attached hydrogens (tertiary/aromatic N) is 2. The molecule has 0 aliphatic heterocycles. The van der Waals surface area contributed by atoms with Crippen LogP contribution >= 0.6 is 11.3 Å². The van der Waals surface area contributed by atoms with Gasteiger partial charge in [0.25, 0.3) is 0 Å². The number of fused-ring (bicyclic) bond motifs is 1. The molecule has 0 bridgehead atoms. The molecule has 2 aromatic heterocycles. The summed E-state index contributed by atoms with van der Waals surface area (Å²) in [5.74, 6) is 0.558. The first-order chi connectivity index (χ1) is 8.63. The van der Waals surface area contributed by atoms with Gasteiger partial charge in [0.05, 0.1) is 10.4 Å². The lowest BCUT2D eigenvalue weighted by atomic mass is 10.2. The Bertz CT molecular complexity index is 736. The van der Waals surface area contributed by atoms with Crippen molar-refractivity contribution in [2.45, 2.75) is 6.92 Å². The highest BCUT2D eigenvalue weighted by Crippen LogP contribution is 2.28. The number of halogens is 1. The van der Waals surface area contributed by atoms with E-state index in [-0.39, 0.29) is 5.82 Å². The summed E-state index contributed by atoms with van der Waals surface area (Å²) in [6.07, 6.45) is 0. The van der Waals surface area contributed by atoms with E-state index in [9.17, 15) is 4.39 Å². The molecule has 0 radical (unpaired) electrons. The van der Waals surface area contributed by atoms with E-state index in [4.69, 9.17) is 5.73 Å². The van der Waals surface area contributed by atoms with Gasteiger partial charge in [0.2, 0.25) is 0 Å². The van der Waals surface area contributed by atoms with Crippen molar-refractivity contribution < 1.29 is 4.39 Å². The minimum absolute atomic E-state index is 0.306. The van der Waals surface area contributed by atoms with Crippen LogP contribution in [0.5, 0.6) is 0 Å². The van der Waals surface area contributed by atoms with Gasteiger partial charge < -0.3 is 5.73 Å². The molecule has 0 aliphatic carbocycles. The number of nitrogen functional groups attached to an aromatic ring is 1. The molecule has 3 rings (SSSR count). The van der Waals surface area contributed by atoms with Gasteiger partial charge in [-0.05, 0) is 37.3 Å². The molecule has 3 nitrogen and oxygen atoms in total. The molecule has 2 heterocycles. The van der Waals surface area contributed by atoms with Crippen molar-refractivity contribution in [1.82, 2.24) is 9.97 Å². The number of benzene rings is 1. The van der Waals surface area contributed by atoms with Crippen molar-refractivity contribution in [1.29, 1.82) is 0 Å². The van der Waals surface area contributed by atoms with E-state index in [2.05, 4.69) is 9.97 Å². The van der Waals surface area contributed by atoms with Crippen molar-refractivity contribution in [3.63, 3.8) is 0 Å². The van der Waals surface area contributed by atoms with Gasteiger partial charge in [-0.3, -0.25) is 0 Å². The Morgan fingerprint density at radius 3 is 2.72 bits per heavy atom. The molecule has 0 unspecified atom stereocenters. The van der Waals surface area contributed by atoms with E-state index in [1.165, 1.54) is 17.0 Å². The van der Waals surface area contributed by atoms with Crippen LogP contribution in [0, 0.1) is 12.7 Å². The third-order valence-corrected chi connectivity index (χ3v) is 3.64. The van der Waals surface area contributed by atoms with Crippen LogP contribution in [0.3, 0.4) is 0 Å². The van der Waals surface area contributed by atoms with Gasteiger partial charge in [0.15, 0.2) is 5.82 Å². The fourth-order valence-corrected chi connectivity index (χ4v) is 2.59. The largest absolute Gasteiger partial charge is 0.383 e. The molecule has 0 amide bonds. The summed E-state index contributed by atoms with van der Waals surface area (Å²) in [5, 5.41) is 0.548. The molecular weight excluding hydrogens is 249 g/mol. The maximum Gasteiger partial charge on any atom is 0.172 e. The van der Waals surface area contributed by atoms with Gasteiger partial charge >= 0.3 is 0 Å². The monoisotopic (exact) mass is 259 g/mol. The molecule has 0 saturated heterocycles. The van der Waals surface area contributed by atoms with Crippen molar-refractivity contribution >= 4 is 28.1 Å². The molecule has 0 atom stereocenters. The zero-order valence-electron chi connectivity index (χ0n) is 9.64. The van der Waals surface area contributed by atoms with Crippen LogP contribution in [0.2, 0.25) is 0 Å². The summed E-state index contributed by atoms with van der Waals surface area (Å²) < 4.78 is 13.1. The molecule has 0 fully saturated rings. The second-order valence-electron chi connectivity index (χ2n) is 4.00. The van der Waals surface area contributed by atoms with Gasteiger partial charge in [-0.2, -0.15) is 0 Å². The Morgan fingerprint density at radius 1 is 1.17 bits per heavy atom. The van der Waals surface area contributed by atoms with E-state index >= 15 is 0 Å². The summed E-state index contributed by atoms with van der Waals surface area (Å²) in [4.78, 5) is 10.8. The lowest BCUT2D eigenvalue weighted by Crippen LogP contribution is -1.97. The van der Waals surface area contributed by atoms with Crippen LogP contribution in [0.4, 0.5) is 10.2 Å². The molecule has 2 N–H and O–H groups in total. The van der Waals surface area contributed by atoms with E-state index in [0.717, 1.165) is 4.88 Å². The zero-order valence-corrected chi connectivity index (χ0v) is 10.5. The smallest absolute Gasteiger partial charge is 0.172 e. The molecule has 3 aromatic rings. The molecule has 5 heteroatoms. The van der Waals surface area contributed by atoms with E-state index in [1.807, 2.05) is 19.1 Å². The summed E-state index contributed by atoms with van der Waals surface area (Å²) in [6, 6.07) is 8.32. The fraction of sp³-hybridized carbons (Fsp3) is 0.0769. The van der Waals surface area contributed by atoms with E-state index < -0.39 is 0 Å². The maximum atomic E-state index is 13.1. The van der Waals surface area contributed by atoms with Crippen molar-refractivity contribution in [3.8, 4) is 10.7 Å². The molecule has 1 aromatic carbocycles. The number of aromatic nitrogens is 2. The molecule has 18 heavy (non-hydrogen) atoms. The Kier molecular flexibility index (Phi) is 2.48. The Hall–Kier alpha value is -2.01. The van der Waals surface area contributed by atoms with Gasteiger partial charge in [-0.25, -0.2) is 14.4 Å². The van der Waals surface area contributed by atoms with Gasteiger partial charge in [0.1, 0.15) is 11.6 Å². The SMILES string of the molecule is Cc1ccc(-c2nc(N)c3cc(F)ccc3n2)s1. The normalized spacial score (nSPS) is 11.0. The van der Waals surface area contributed by atoms with E-state index in [1.54, 1.807) is 17.4 Å². The lowest BCUT2D eigenvalue weighted by Gasteiger charge is -2.03. The summed E-state index contributed by atoms with van der Waals surface area (Å²) >= 11 is 1.61. The summed E-state index contributed by atoms with van der Waals surface area (Å²) in [6.45, 7) is 2.02. The number of anilines is 1. The number of thiophene rings is 1. The minimum atomic E-state index is -0.336. The quantitative estimate of drug-likeness (QED) is 0.728. The van der Waals surface area contributed by atoms with Crippen LogP contribution in [0.15, 0.2) is 30.3 Å². The predicted octanol–water partition coefficient (Wildman–Crippen LogP) is 3.39. The van der Waals surface area contributed by atoms with Crippen molar-refractivity contribution in [3.05, 3.63) is 41.0 Å². The summed E-state index contributed by atoms with van der Waals surface area (Å²) in [5.41, 5.74) is 6.51. The first-order valence-electron chi connectivity index (χ1n) is 5.43. The first kappa shape index (κ1) is 11.1. The van der Waals surface area contributed by atoms with Crippen LogP contribution in [-0.2, 0) is 0 Å². The highest BCUT2D eigenvalue weighted by molar-refractivity contribution is 7.15. The number of hydrogen-bond donors (Lipinski definition) is 1. The Balaban J connectivity index is 2.24. The van der Waals surface area contributed by atoms with Crippen LogP contribution in [-0.4, -0.2) is 9.97 Å². The topological polar surface area (TPSA) is 51.8 Å². The van der Waals surface area contributed by atoms with Gasteiger partial charge in [-0.15, -0.1) is 11.3 Å². The van der Waals surface area contributed by atoms with E-state index in [0.29, 0.717) is 22.5 Å². The average molecular weight is 259 g/mol. The van der Waals surface area contributed by atoms with Gasteiger partial charge in [0, 0.05) is 10.3 Å². The number of nitrogens with two attached hydrogens (primary N) is 1. The fourth-order valence-electron chi connectivity index (χ4n) is 1.79. The molecule has 0 spiro atoms. The Morgan fingerprint density at radius 2 is 2.00 bits per heavy atom. The Labute approximate surface area is 107 Å². The zero-order chi connectivity index (χ0) is 12.7. The number of hydrogen-bond acceptors (Lipinski definition) is 4. The highest BCUT2D eigenvalue weighted by atomic mass is 32.1. The van der Waals surface area contributed by atoms with Crippen molar-refractivity contribution in [2.75, 3.05) is 5.73 Å². The third-order valence-electron chi connectivity index (χ3n) is 2.65.